The first kappa shape index (κ1) is 13.6. The van der Waals surface area contributed by atoms with E-state index in [1.807, 2.05) is 6.08 Å². The Kier molecular flexibility index (Phi) is 5.20. The van der Waals surface area contributed by atoms with Gasteiger partial charge in [-0.2, -0.15) is 0 Å². The van der Waals surface area contributed by atoms with E-state index in [1.54, 1.807) is 0 Å². The van der Waals surface area contributed by atoms with Crippen LogP contribution < -0.4 is 11.1 Å². The van der Waals surface area contributed by atoms with Gasteiger partial charge in [0.25, 0.3) is 0 Å². The highest BCUT2D eigenvalue weighted by Gasteiger charge is 2.16. The van der Waals surface area contributed by atoms with E-state index in [2.05, 4.69) is 56.6 Å². The molecule has 3 unspecified atom stereocenters. The van der Waals surface area contributed by atoms with Crippen molar-refractivity contribution < 1.29 is 0 Å². The quantitative estimate of drug-likeness (QED) is 0.277. The molecule has 2 rings (SSSR count). The standard InChI is InChI=1S/C14H20BrN3/c15-14(17-12-9-5-2-6-10-12)18-13(16)11-7-3-1-4-8-11/h1,3-5,7,9,11-13H,2,6,8,10,16H2,(H,17,18). The molecule has 0 spiro atoms. The highest BCUT2D eigenvalue weighted by molar-refractivity contribution is 9.18. The zero-order valence-electron chi connectivity index (χ0n) is 10.4. The van der Waals surface area contributed by atoms with Gasteiger partial charge in [-0.25, -0.2) is 0 Å². The molecule has 0 saturated heterocycles. The molecule has 0 aromatic carbocycles. The number of halogens is 1. The smallest absolute Gasteiger partial charge is 0.167 e. The average Bonchev–Trinajstić information content (AvgIpc) is 2.40. The number of rotatable bonds is 3. The Morgan fingerprint density at radius 3 is 2.89 bits per heavy atom. The Balaban J connectivity index is 1.85. The van der Waals surface area contributed by atoms with Gasteiger partial charge in [-0.3, -0.25) is 4.99 Å². The number of hydrogen-bond donors (Lipinski definition) is 2. The summed E-state index contributed by atoms with van der Waals surface area (Å²) in [4.78, 5) is 4.58. The fraction of sp³-hybridized carbons (Fsp3) is 0.500. The topological polar surface area (TPSA) is 50.4 Å². The maximum Gasteiger partial charge on any atom is 0.167 e. The monoisotopic (exact) mass is 309 g/mol. The molecule has 0 amide bonds. The van der Waals surface area contributed by atoms with Gasteiger partial charge in [-0.05, 0) is 41.6 Å². The fourth-order valence-corrected chi connectivity index (χ4v) is 2.72. The molecule has 3 nitrogen and oxygen atoms in total. The van der Waals surface area contributed by atoms with Crippen LogP contribution in [0.25, 0.3) is 0 Å². The Morgan fingerprint density at radius 1 is 1.33 bits per heavy atom. The summed E-state index contributed by atoms with van der Waals surface area (Å²) in [6.07, 6.45) is 17.1. The Bertz CT molecular complexity index is 385. The van der Waals surface area contributed by atoms with Crippen molar-refractivity contribution >= 4 is 20.7 Å². The van der Waals surface area contributed by atoms with Gasteiger partial charge in [0.1, 0.15) is 0 Å². The van der Waals surface area contributed by atoms with Crippen LogP contribution in [0, 0.1) is 5.92 Å². The summed E-state index contributed by atoms with van der Waals surface area (Å²) in [6, 6.07) is 0.287. The average molecular weight is 310 g/mol. The van der Waals surface area contributed by atoms with Crippen molar-refractivity contribution in [3.8, 4) is 0 Å². The highest BCUT2D eigenvalue weighted by Crippen LogP contribution is 2.16. The van der Waals surface area contributed by atoms with Crippen molar-refractivity contribution in [3.63, 3.8) is 0 Å². The maximum absolute atomic E-state index is 6.13. The van der Waals surface area contributed by atoms with E-state index in [0.717, 1.165) is 17.6 Å². The molecule has 0 aromatic heterocycles. The molecule has 2 aliphatic rings. The molecular formula is C14H20BrN3. The Morgan fingerprint density at radius 2 is 2.22 bits per heavy atom. The molecule has 4 heteroatoms. The van der Waals surface area contributed by atoms with Crippen LogP contribution in [0.5, 0.6) is 0 Å². The van der Waals surface area contributed by atoms with Crippen LogP contribution in [0.1, 0.15) is 25.7 Å². The number of nitrogens with one attached hydrogen (secondary N) is 1. The van der Waals surface area contributed by atoms with Crippen LogP contribution in [-0.4, -0.2) is 17.0 Å². The number of hydrogen-bond acceptors (Lipinski definition) is 2. The minimum atomic E-state index is -0.100. The minimum Gasteiger partial charge on any atom is -0.349 e. The van der Waals surface area contributed by atoms with Crippen molar-refractivity contribution in [1.29, 1.82) is 0 Å². The van der Waals surface area contributed by atoms with Gasteiger partial charge < -0.3 is 11.1 Å². The molecule has 98 valence electrons. The first-order chi connectivity index (χ1) is 8.75. The molecule has 0 radical (unpaired) electrons. The lowest BCUT2D eigenvalue weighted by atomic mass is 9.98. The van der Waals surface area contributed by atoms with E-state index in [1.165, 1.54) is 12.8 Å². The first-order valence-electron chi connectivity index (χ1n) is 6.51. The van der Waals surface area contributed by atoms with Crippen molar-refractivity contribution in [1.82, 2.24) is 5.32 Å². The predicted molar refractivity (Wildman–Crippen MR) is 80.6 cm³/mol. The van der Waals surface area contributed by atoms with Crippen LogP contribution in [-0.2, 0) is 0 Å². The minimum absolute atomic E-state index is 0.100. The van der Waals surface area contributed by atoms with Gasteiger partial charge in [0.2, 0.25) is 0 Å². The van der Waals surface area contributed by atoms with E-state index in [9.17, 15) is 0 Å². The lowest BCUT2D eigenvalue weighted by Gasteiger charge is -2.23. The third-order valence-corrected chi connectivity index (χ3v) is 3.70. The van der Waals surface area contributed by atoms with Crippen LogP contribution in [0.3, 0.4) is 0 Å². The molecule has 3 atom stereocenters. The molecule has 3 N–H and O–H groups in total. The van der Waals surface area contributed by atoms with Gasteiger partial charge in [-0.15, -0.1) is 0 Å². The fourth-order valence-electron chi connectivity index (χ4n) is 2.20. The van der Waals surface area contributed by atoms with E-state index in [0.29, 0.717) is 5.92 Å². The number of amidine groups is 1. The Hall–Kier alpha value is -0.870. The summed E-state index contributed by atoms with van der Waals surface area (Å²) in [5, 5.41) is 3.22. The molecule has 0 aromatic rings. The first-order valence-corrected chi connectivity index (χ1v) is 7.30. The zero-order chi connectivity index (χ0) is 12.8. The summed E-state index contributed by atoms with van der Waals surface area (Å²) in [6.45, 7) is 0. The van der Waals surface area contributed by atoms with Crippen LogP contribution in [0.15, 0.2) is 41.4 Å². The van der Waals surface area contributed by atoms with Crippen molar-refractivity contribution in [3.05, 3.63) is 36.5 Å². The third-order valence-electron chi connectivity index (χ3n) is 3.27. The molecule has 0 aliphatic heterocycles. The predicted octanol–water partition coefficient (Wildman–Crippen LogP) is 2.85. The molecule has 18 heavy (non-hydrogen) atoms. The van der Waals surface area contributed by atoms with Gasteiger partial charge in [0.15, 0.2) is 4.74 Å². The summed E-state index contributed by atoms with van der Waals surface area (Å²) >= 11 is 3.46. The lowest BCUT2D eigenvalue weighted by molar-refractivity contribution is 0.478. The van der Waals surface area contributed by atoms with Gasteiger partial charge in [0.05, 0.1) is 12.2 Å². The summed E-state index contributed by atoms with van der Waals surface area (Å²) in [5.74, 6) is 0.333. The van der Waals surface area contributed by atoms with Crippen molar-refractivity contribution in [2.24, 2.45) is 16.6 Å². The third kappa shape index (κ3) is 4.10. The van der Waals surface area contributed by atoms with E-state index >= 15 is 0 Å². The van der Waals surface area contributed by atoms with Crippen molar-refractivity contribution in [2.45, 2.75) is 37.9 Å². The molecule has 0 heterocycles. The van der Waals surface area contributed by atoms with Crippen LogP contribution in [0.4, 0.5) is 0 Å². The van der Waals surface area contributed by atoms with Gasteiger partial charge >= 0.3 is 0 Å². The summed E-state index contributed by atoms with van der Waals surface area (Å²) in [7, 11) is 0. The second-order valence-electron chi connectivity index (χ2n) is 4.73. The van der Waals surface area contributed by atoms with E-state index < -0.39 is 0 Å². The molecule has 0 fully saturated rings. The molecule has 2 aliphatic carbocycles. The second kappa shape index (κ2) is 6.90. The SMILES string of the molecule is NC(N/C(Br)=N\C1C=CCCC1)C1C=CC=CC1. The lowest BCUT2D eigenvalue weighted by Crippen LogP contribution is -2.45. The van der Waals surface area contributed by atoms with Gasteiger partial charge in [-0.1, -0.05) is 36.5 Å². The van der Waals surface area contributed by atoms with Crippen molar-refractivity contribution in [2.75, 3.05) is 0 Å². The molecule has 0 bridgehead atoms. The Labute approximate surface area is 117 Å². The second-order valence-corrected chi connectivity index (χ2v) is 5.48. The van der Waals surface area contributed by atoms with E-state index in [4.69, 9.17) is 5.73 Å². The normalized spacial score (nSPS) is 29.3. The summed E-state index contributed by atoms with van der Waals surface area (Å²) < 4.78 is 0.759. The molecule has 0 saturated carbocycles. The van der Waals surface area contributed by atoms with Crippen LogP contribution in [0.2, 0.25) is 0 Å². The molecular weight excluding hydrogens is 290 g/mol. The van der Waals surface area contributed by atoms with Gasteiger partial charge in [0, 0.05) is 5.92 Å². The number of nitrogens with zero attached hydrogens (tertiary/aromatic N) is 1. The number of aliphatic imine (C=N–C) groups is 1. The number of allylic oxidation sites excluding steroid dienone is 4. The van der Waals surface area contributed by atoms with Crippen LogP contribution >= 0.6 is 15.9 Å². The summed E-state index contributed by atoms with van der Waals surface area (Å²) in [5.41, 5.74) is 6.13. The zero-order valence-corrected chi connectivity index (χ0v) is 12.0. The largest absolute Gasteiger partial charge is 0.349 e. The highest BCUT2D eigenvalue weighted by atomic mass is 79.9. The maximum atomic E-state index is 6.13. The number of nitrogens with two attached hydrogens (primary N) is 1. The van der Waals surface area contributed by atoms with E-state index in [-0.39, 0.29) is 12.2 Å².